The molecule has 0 amide bonds. The van der Waals surface area contributed by atoms with Crippen molar-refractivity contribution in [2.24, 2.45) is 5.92 Å². The lowest BCUT2D eigenvalue weighted by Gasteiger charge is -2.29. The Morgan fingerprint density at radius 3 is 2.46 bits per heavy atom. The monoisotopic (exact) mass is 480 g/mol. The maximum absolute atomic E-state index is 11.4. The van der Waals surface area contributed by atoms with Crippen LogP contribution in [0.15, 0.2) is 55.1 Å². The van der Waals surface area contributed by atoms with Gasteiger partial charge in [-0.25, -0.2) is 4.79 Å². The van der Waals surface area contributed by atoms with Gasteiger partial charge in [-0.3, -0.25) is 0 Å². The van der Waals surface area contributed by atoms with Crippen molar-refractivity contribution in [3.05, 3.63) is 60.7 Å². The third-order valence-electron chi connectivity index (χ3n) is 6.82. The normalized spacial score (nSPS) is 17.5. The lowest BCUT2D eigenvalue weighted by Crippen LogP contribution is -2.14. The summed E-state index contributed by atoms with van der Waals surface area (Å²) in [7, 11) is 0. The molecule has 2 aromatic carbocycles. The number of rotatable bonds is 14. The minimum atomic E-state index is -0.447. The summed E-state index contributed by atoms with van der Waals surface area (Å²) in [5.41, 5.74) is 3.33. The van der Waals surface area contributed by atoms with Gasteiger partial charge in [-0.15, -0.1) is 0 Å². The summed E-state index contributed by atoms with van der Waals surface area (Å²) in [6, 6.07) is 14.3. The number of ether oxygens (including phenoxy) is 3. The lowest BCUT2D eigenvalue weighted by atomic mass is 9.77. The summed E-state index contributed by atoms with van der Waals surface area (Å²) in [4.78, 5) is 11.4. The molecule has 1 fully saturated rings. The topological polar surface area (TPSA) is 65.0 Å². The van der Waals surface area contributed by atoms with Crippen LogP contribution in [0.1, 0.15) is 69.8 Å². The summed E-state index contributed by atoms with van der Waals surface area (Å²) < 4.78 is 16.7. The molecule has 0 saturated heterocycles. The molecular formula is C30H40O5. The van der Waals surface area contributed by atoms with Crippen molar-refractivity contribution in [2.45, 2.75) is 64.2 Å². The molecule has 0 heterocycles. The zero-order valence-corrected chi connectivity index (χ0v) is 21.0. The van der Waals surface area contributed by atoms with Crippen LogP contribution in [0.4, 0.5) is 0 Å². The van der Waals surface area contributed by atoms with Gasteiger partial charge in [0.15, 0.2) is 0 Å². The predicted octanol–water partition coefficient (Wildman–Crippen LogP) is 6.69. The van der Waals surface area contributed by atoms with Crippen LogP contribution in [0.25, 0.3) is 11.1 Å². The van der Waals surface area contributed by atoms with Gasteiger partial charge in [0.2, 0.25) is 0 Å². The number of carbonyl (C=O) groups excluding carboxylic acids is 1. The van der Waals surface area contributed by atoms with E-state index in [1.807, 2.05) is 24.3 Å². The molecule has 1 saturated carbocycles. The van der Waals surface area contributed by atoms with E-state index in [4.69, 9.17) is 19.3 Å². The van der Waals surface area contributed by atoms with E-state index in [2.05, 4.69) is 31.7 Å². The molecule has 0 aromatic heterocycles. The van der Waals surface area contributed by atoms with Crippen LogP contribution in [0.5, 0.6) is 11.5 Å². The third kappa shape index (κ3) is 8.43. The molecule has 1 aliphatic rings. The van der Waals surface area contributed by atoms with Crippen LogP contribution in [0.3, 0.4) is 0 Å². The average molecular weight is 481 g/mol. The number of hydrogen-bond donors (Lipinski definition) is 1. The Kier molecular flexibility index (Phi) is 11.2. The third-order valence-corrected chi connectivity index (χ3v) is 6.82. The molecule has 190 valence electrons. The molecule has 5 nitrogen and oxygen atoms in total. The number of benzene rings is 2. The molecule has 0 spiro atoms. The highest BCUT2D eigenvalue weighted by Crippen LogP contribution is 2.41. The molecular weight excluding hydrogens is 440 g/mol. The van der Waals surface area contributed by atoms with Crippen molar-refractivity contribution < 1.29 is 24.1 Å². The maximum atomic E-state index is 11.4. The Morgan fingerprint density at radius 1 is 1.00 bits per heavy atom. The summed E-state index contributed by atoms with van der Waals surface area (Å²) >= 11 is 0. The van der Waals surface area contributed by atoms with Gasteiger partial charge in [-0.2, -0.15) is 0 Å². The first-order valence-electron chi connectivity index (χ1n) is 13.0. The van der Waals surface area contributed by atoms with Crippen molar-refractivity contribution in [2.75, 3.05) is 26.4 Å². The molecule has 35 heavy (non-hydrogen) atoms. The molecule has 1 aliphatic carbocycles. The van der Waals surface area contributed by atoms with E-state index in [9.17, 15) is 4.79 Å². The summed E-state index contributed by atoms with van der Waals surface area (Å²) in [6.07, 6.45) is 11.6. The van der Waals surface area contributed by atoms with E-state index in [0.29, 0.717) is 11.7 Å². The second-order valence-electron chi connectivity index (χ2n) is 9.29. The van der Waals surface area contributed by atoms with E-state index in [1.165, 1.54) is 56.9 Å². The van der Waals surface area contributed by atoms with Crippen molar-refractivity contribution >= 4 is 5.97 Å². The van der Waals surface area contributed by atoms with Crippen LogP contribution in [0.2, 0.25) is 0 Å². The first kappa shape index (κ1) is 26.8. The SMILES string of the molecule is C=CC(=O)OCCOc1cc(C2CCC(CCCCC)CC2)ccc1-c1ccc(OCCO)cc1. The summed E-state index contributed by atoms with van der Waals surface area (Å²) in [5.74, 6) is 2.50. The maximum Gasteiger partial charge on any atom is 0.330 e. The van der Waals surface area contributed by atoms with Crippen LogP contribution < -0.4 is 9.47 Å². The standard InChI is InChI=1S/C30H40O5/c1-3-5-6-7-23-8-10-24(11-9-23)26-14-17-28(25-12-15-27(16-13-25)33-19-18-31)29(22-26)34-20-21-35-30(32)4-2/h4,12-17,22-24,31H,2-3,5-11,18-21H2,1H3. The average Bonchev–Trinajstić information content (AvgIpc) is 2.90. The number of unbranched alkanes of at least 4 members (excludes halogenated alkanes) is 2. The molecule has 1 N–H and O–H groups in total. The first-order chi connectivity index (χ1) is 17.1. The van der Waals surface area contributed by atoms with Gasteiger partial charge in [0.1, 0.15) is 31.3 Å². The van der Waals surface area contributed by atoms with E-state index in [1.54, 1.807) is 0 Å². The Hall–Kier alpha value is -2.79. The van der Waals surface area contributed by atoms with Crippen LogP contribution in [0, 0.1) is 5.92 Å². The molecule has 0 unspecified atom stereocenters. The van der Waals surface area contributed by atoms with Gasteiger partial charge in [-0.05, 0) is 66.8 Å². The fraction of sp³-hybridized carbons (Fsp3) is 0.500. The first-order valence-corrected chi connectivity index (χ1v) is 13.0. The highest BCUT2D eigenvalue weighted by atomic mass is 16.6. The number of carbonyl (C=O) groups is 1. The molecule has 0 aliphatic heterocycles. The lowest BCUT2D eigenvalue weighted by molar-refractivity contribution is -0.138. The molecule has 0 radical (unpaired) electrons. The minimum Gasteiger partial charge on any atom is -0.491 e. The van der Waals surface area contributed by atoms with Crippen molar-refractivity contribution in [3.8, 4) is 22.6 Å². The van der Waals surface area contributed by atoms with Gasteiger partial charge in [0.05, 0.1) is 6.61 Å². The Bertz CT molecular complexity index is 913. The van der Waals surface area contributed by atoms with Gasteiger partial charge < -0.3 is 19.3 Å². The molecule has 2 aromatic rings. The molecule has 0 bridgehead atoms. The number of esters is 1. The highest BCUT2D eigenvalue weighted by molar-refractivity contribution is 5.81. The summed E-state index contributed by atoms with van der Waals surface area (Å²) in [5, 5.41) is 8.97. The van der Waals surface area contributed by atoms with Crippen LogP contribution in [-0.4, -0.2) is 37.5 Å². The Balaban J connectivity index is 1.71. The number of aliphatic hydroxyl groups excluding tert-OH is 1. The zero-order chi connectivity index (χ0) is 24.9. The van der Waals surface area contributed by atoms with Gasteiger partial charge >= 0.3 is 5.97 Å². The summed E-state index contributed by atoms with van der Waals surface area (Å²) in [6.45, 7) is 6.40. The highest BCUT2D eigenvalue weighted by Gasteiger charge is 2.23. The van der Waals surface area contributed by atoms with E-state index >= 15 is 0 Å². The van der Waals surface area contributed by atoms with Crippen molar-refractivity contribution in [1.82, 2.24) is 0 Å². The van der Waals surface area contributed by atoms with Crippen LogP contribution in [-0.2, 0) is 9.53 Å². The quantitative estimate of drug-likeness (QED) is 0.185. The predicted molar refractivity (Wildman–Crippen MR) is 140 cm³/mol. The van der Waals surface area contributed by atoms with Gasteiger partial charge in [0.25, 0.3) is 0 Å². The number of aliphatic hydroxyl groups is 1. The largest absolute Gasteiger partial charge is 0.491 e. The molecule has 3 rings (SSSR count). The minimum absolute atomic E-state index is 0.0156. The molecule has 0 atom stereocenters. The smallest absolute Gasteiger partial charge is 0.330 e. The fourth-order valence-electron chi connectivity index (χ4n) is 4.87. The van der Waals surface area contributed by atoms with Gasteiger partial charge in [-0.1, -0.05) is 63.5 Å². The van der Waals surface area contributed by atoms with E-state index in [-0.39, 0.29) is 26.4 Å². The Labute approximate surface area is 210 Å². The van der Waals surface area contributed by atoms with Crippen molar-refractivity contribution in [1.29, 1.82) is 0 Å². The van der Waals surface area contributed by atoms with Gasteiger partial charge in [0, 0.05) is 11.6 Å². The fourth-order valence-corrected chi connectivity index (χ4v) is 4.87. The Morgan fingerprint density at radius 2 is 1.77 bits per heavy atom. The molecule has 5 heteroatoms. The van der Waals surface area contributed by atoms with Crippen molar-refractivity contribution in [3.63, 3.8) is 0 Å². The number of hydrogen-bond acceptors (Lipinski definition) is 5. The van der Waals surface area contributed by atoms with Crippen LogP contribution >= 0.6 is 0 Å². The second kappa shape index (κ2) is 14.6. The van der Waals surface area contributed by atoms with E-state index < -0.39 is 5.97 Å². The van der Waals surface area contributed by atoms with E-state index in [0.717, 1.165) is 28.9 Å². The zero-order valence-electron chi connectivity index (χ0n) is 21.0. The second-order valence-corrected chi connectivity index (χ2v) is 9.29.